The molecule has 3 aliphatic heterocycles. The van der Waals surface area contributed by atoms with Crippen molar-refractivity contribution in [3.8, 4) is 0 Å². The highest BCUT2D eigenvalue weighted by Crippen LogP contribution is 2.70. The second kappa shape index (κ2) is 11.9. The molecule has 6 fully saturated rings. The molecule has 0 amide bonds. The molecule has 17 unspecified atom stereocenters. The normalized spacial score (nSPS) is 56.3. The Morgan fingerprint density at radius 2 is 1.47 bits per heavy atom. The van der Waals surface area contributed by atoms with E-state index in [-0.39, 0.29) is 50.0 Å². The van der Waals surface area contributed by atoms with E-state index in [0.29, 0.717) is 44.9 Å². The fraction of sp³-hybridized carbons (Fsp3) is 0.909. The van der Waals surface area contributed by atoms with Gasteiger partial charge in [-0.25, -0.2) is 4.79 Å². The van der Waals surface area contributed by atoms with Crippen molar-refractivity contribution in [1.29, 1.82) is 0 Å². The highest BCUT2D eigenvalue weighted by atomic mass is 16.7. The van der Waals surface area contributed by atoms with Gasteiger partial charge in [0.1, 0.15) is 43.2 Å². The van der Waals surface area contributed by atoms with Gasteiger partial charge in [-0.3, -0.25) is 0 Å². The minimum Gasteiger partial charge on any atom is -0.458 e. The number of ether oxygens (including phenoxy) is 5. The van der Waals surface area contributed by atoms with Crippen molar-refractivity contribution in [1.82, 2.24) is 0 Å². The Hall–Kier alpha value is -1.27. The lowest BCUT2D eigenvalue weighted by Crippen LogP contribution is -2.71. The quantitative estimate of drug-likeness (QED) is 0.125. The van der Waals surface area contributed by atoms with Gasteiger partial charge in [0, 0.05) is 23.3 Å². The van der Waals surface area contributed by atoms with Gasteiger partial charge in [0.2, 0.25) is 0 Å². The maximum Gasteiger partial charge on any atom is 0.331 e. The fourth-order valence-electron chi connectivity index (χ4n) is 10.8. The van der Waals surface area contributed by atoms with Crippen molar-refractivity contribution in [3.05, 3.63) is 11.6 Å². The summed E-state index contributed by atoms with van der Waals surface area (Å²) in [5.41, 5.74) is -2.78. The Bertz CT molecular complexity index is 1250. The van der Waals surface area contributed by atoms with Gasteiger partial charge in [-0.05, 0) is 68.3 Å². The number of aliphatic hydroxyl groups is 8. The Kier molecular flexibility index (Phi) is 8.67. The third-order valence-corrected chi connectivity index (χ3v) is 13.5. The second-order valence-electron chi connectivity index (χ2n) is 15.8. The number of rotatable bonds is 5. The van der Waals surface area contributed by atoms with E-state index in [1.54, 1.807) is 0 Å². The van der Waals surface area contributed by atoms with E-state index in [2.05, 4.69) is 0 Å². The van der Waals surface area contributed by atoms with Crippen LogP contribution in [0.5, 0.6) is 0 Å². The summed E-state index contributed by atoms with van der Waals surface area (Å²) in [5, 5.41) is 88.0. The molecule has 0 aromatic carbocycles. The van der Waals surface area contributed by atoms with Crippen molar-refractivity contribution in [2.75, 3.05) is 19.8 Å². The molecule has 14 heteroatoms. The van der Waals surface area contributed by atoms with Crippen molar-refractivity contribution in [2.24, 2.45) is 28.6 Å². The summed E-state index contributed by atoms with van der Waals surface area (Å²) in [5.74, 6) is -1.04. The van der Waals surface area contributed by atoms with Crippen LogP contribution >= 0.6 is 0 Å². The molecule has 3 heterocycles. The Morgan fingerprint density at radius 1 is 0.766 bits per heavy atom. The highest BCUT2D eigenvalue weighted by molar-refractivity contribution is 5.85. The van der Waals surface area contributed by atoms with E-state index in [9.17, 15) is 45.6 Å². The maximum absolute atomic E-state index is 12.5. The smallest absolute Gasteiger partial charge is 0.331 e. The topological polar surface area (TPSA) is 225 Å². The summed E-state index contributed by atoms with van der Waals surface area (Å²) >= 11 is 0. The van der Waals surface area contributed by atoms with Crippen molar-refractivity contribution < 1.29 is 69.3 Å². The van der Waals surface area contributed by atoms with Gasteiger partial charge in [0.25, 0.3) is 0 Å². The minimum atomic E-state index is -1.57. The van der Waals surface area contributed by atoms with Gasteiger partial charge in [-0.1, -0.05) is 13.8 Å². The van der Waals surface area contributed by atoms with E-state index < -0.39 is 83.4 Å². The van der Waals surface area contributed by atoms with Crippen molar-refractivity contribution in [2.45, 2.75) is 138 Å². The zero-order valence-electron chi connectivity index (χ0n) is 26.9. The molecule has 17 atom stereocenters. The van der Waals surface area contributed by atoms with Crippen LogP contribution in [0.3, 0.4) is 0 Å². The predicted octanol–water partition coefficient (Wildman–Crippen LogP) is -1.38. The number of carbonyl (C=O) groups excluding carboxylic acids is 1. The van der Waals surface area contributed by atoms with Gasteiger partial charge in [0.15, 0.2) is 12.6 Å². The van der Waals surface area contributed by atoms with Gasteiger partial charge in [0.05, 0.1) is 36.6 Å². The van der Waals surface area contributed by atoms with E-state index in [1.165, 1.54) is 6.08 Å². The summed E-state index contributed by atoms with van der Waals surface area (Å²) < 4.78 is 27.9. The molecule has 47 heavy (non-hydrogen) atoms. The zero-order valence-corrected chi connectivity index (χ0v) is 26.9. The standard InChI is InChI=1S/C33H50O14/c1-30-6-3-16(46-28-27(40)25(38)21(14-45-28)47-29-26(39)24(37)20(35)13-44-29)10-32(30,41)7-4-18-23(30)19(34)11-31(2)17(5-8-33(18,31)42)15-9-22(36)43-12-15/h9,16-21,23-29,34-35,37-42H,3-8,10-14H2,1-2H3. The SMILES string of the molecule is CC12CCC(OC3OCC(OC4OCC(O)C(O)C4O)C(O)C3O)CC1(O)CCC1C2C(O)CC2(C)C(C3=CC(=O)OC3)CCC12O. The molecule has 0 bridgehead atoms. The molecule has 0 aromatic heterocycles. The van der Waals surface area contributed by atoms with Crippen LogP contribution in [0.25, 0.3) is 0 Å². The first-order valence-corrected chi connectivity index (χ1v) is 17.1. The van der Waals surface area contributed by atoms with E-state index in [4.69, 9.17) is 23.7 Å². The Morgan fingerprint density at radius 3 is 2.19 bits per heavy atom. The lowest BCUT2D eigenvalue weighted by Gasteiger charge is -2.67. The molecular weight excluding hydrogens is 620 g/mol. The van der Waals surface area contributed by atoms with Crippen LogP contribution in [0.1, 0.15) is 65.2 Å². The summed E-state index contributed by atoms with van der Waals surface area (Å²) in [6, 6.07) is 0. The molecule has 2 saturated heterocycles. The number of cyclic esters (lactones) is 1. The first-order valence-electron chi connectivity index (χ1n) is 17.1. The molecule has 0 aromatic rings. The van der Waals surface area contributed by atoms with Crippen LogP contribution in [0.4, 0.5) is 0 Å². The first kappa shape index (κ1) is 34.2. The minimum absolute atomic E-state index is 0.0747. The monoisotopic (exact) mass is 670 g/mol. The predicted molar refractivity (Wildman–Crippen MR) is 158 cm³/mol. The zero-order chi connectivity index (χ0) is 33.7. The average molecular weight is 671 g/mol. The molecule has 7 rings (SSSR count). The third-order valence-electron chi connectivity index (χ3n) is 13.5. The number of hydrogen-bond donors (Lipinski definition) is 8. The summed E-state index contributed by atoms with van der Waals surface area (Å²) in [6.45, 7) is 3.75. The summed E-state index contributed by atoms with van der Waals surface area (Å²) in [7, 11) is 0. The van der Waals surface area contributed by atoms with E-state index in [1.807, 2.05) is 13.8 Å². The van der Waals surface area contributed by atoms with Crippen LogP contribution < -0.4 is 0 Å². The van der Waals surface area contributed by atoms with Gasteiger partial charge >= 0.3 is 5.97 Å². The highest BCUT2D eigenvalue weighted by Gasteiger charge is 2.72. The number of aliphatic hydroxyl groups excluding tert-OH is 6. The first-order chi connectivity index (χ1) is 22.1. The number of fused-ring (bicyclic) bond motifs is 5. The maximum atomic E-state index is 12.5. The lowest BCUT2D eigenvalue weighted by molar-refractivity contribution is -0.339. The van der Waals surface area contributed by atoms with Gasteiger partial charge < -0.3 is 64.5 Å². The van der Waals surface area contributed by atoms with E-state index >= 15 is 0 Å². The summed E-state index contributed by atoms with van der Waals surface area (Å²) in [4.78, 5) is 11.9. The van der Waals surface area contributed by atoms with Crippen molar-refractivity contribution in [3.63, 3.8) is 0 Å². The second-order valence-corrected chi connectivity index (χ2v) is 15.8. The van der Waals surface area contributed by atoms with Gasteiger partial charge in [-0.2, -0.15) is 0 Å². The van der Waals surface area contributed by atoms with Crippen LogP contribution in [-0.2, 0) is 28.5 Å². The van der Waals surface area contributed by atoms with Crippen LogP contribution in [0, 0.1) is 28.6 Å². The molecule has 7 aliphatic rings. The third kappa shape index (κ3) is 5.17. The van der Waals surface area contributed by atoms with Crippen LogP contribution in [0.15, 0.2) is 11.6 Å². The Balaban J connectivity index is 1.01. The number of carbonyl (C=O) groups is 1. The average Bonchev–Trinajstić information content (AvgIpc) is 3.56. The molecular formula is C33H50O14. The van der Waals surface area contributed by atoms with E-state index in [0.717, 1.165) is 5.57 Å². The number of esters is 1. The fourth-order valence-corrected chi connectivity index (χ4v) is 10.8. The van der Waals surface area contributed by atoms with Crippen LogP contribution in [0.2, 0.25) is 0 Å². The molecule has 8 N–H and O–H groups in total. The lowest BCUT2D eigenvalue weighted by atomic mass is 9.41. The Labute approximate surface area is 273 Å². The molecule has 0 radical (unpaired) electrons. The number of hydrogen-bond acceptors (Lipinski definition) is 14. The molecule has 4 saturated carbocycles. The molecule has 0 spiro atoms. The molecule has 14 nitrogen and oxygen atoms in total. The summed E-state index contributed by atoms with van der Waals surface area (Å²) in [6.07, 6.45) is -7.10. The largest absolute Gasteiger partial charge is 0.458 e. The van der Waals surface area contributed by atoms with Crippen LogP contribution in [-0.4, -0.2) is 139 Å². The van der Waals surface area contributed by atoms with Crippen molar-refractivity contribution >= 4 is 5.97 Å². The van der Waals surface area contributed by atoms with Gasteiger partial charge in [-0.15, -0.1) is 0 Å². The molecule has 4 aliphatic carbocycles. The molecule has 266 valence electrons.